The highest BCUT2D eigenvalue weighted by atomic mass is 35.5. The van der Waals surface area contributed by atoms with E-state index in [1.165, 1.54) is 11.3 Å². The molecule has 0 spiro atoms. The zero-order chi connectivity index (χ0) is 16.2. The molecule has 0 saturated carbocycles. The number of hydrazine groups is 1. The smallest absolute Gasteiger partial charge is 0.281 e. The lowest BCUT2D eigenvalue weighted by molar-refractivity contribution is 0.0948. The summed E-state index contributed by atoms with van der Waals surface area (Å²) in [7, 11) is 0. The van der Waals surface area contributed by atoms with Crippen molar-refractivity contribution in [2.45, 2.75) is 0 Å². The summed E-state index contributed by atoms with van der Waals surface area (Å²) in [5.74, 6) is -0.326. The first kappa shape index (κ1) is 15.7. The van der Waals surface area contributed by atoms with Gasteiger partial charge in [-0.1, -0.05) is 48.0 Å². The number of fused-ring (bicyclic) bond motifs is 1. The van der Waals surface area contributed by atoms with Crippen molar-refractivity contribution in [3.05, 3.63) is 64.5 Å². The van der Waals surface area contributed by atoms with E-state index in [0.717, 1.165) is 15.8 Å². The number of rotatable bonds is 2. The summed E-state index contributed by atoms with van der Waals surface area (Å²) < 4.78 is 0.965. The fourth-order valence-electron chi connectivity index (χ4n) is 2.01. The highest BCUT2D eigenvalue weighted by Gasteiger charge is 2.16. The van der Waals surface area contributed by atoms with Crippen molar-refractivity contribution in [3.8, 4) is 0 Å². The van der Waals surface area contributed by atoms with Crippen LogP contribution in [-0.4, -0.2) is 11.0 Å². The molecule has 0 aliphatic heterocycles. The van der Waals surface area contributed by atoms with Crippen LogP contribution in [0.3, 0.4) is 0 Å². The fraction of sp³-hybridized carbons (Fsp3) is 0. The summed E-state index contributed by atoms with van der Waals surface area (Å²) in [6.45, 7) is 0. The number of amides is 1. The van der Waals surface area contributed by atoms with Gasteiger partial charge in [-0.2, -0.15) is 0 Å². The molecule has 0 unspecified atom stereocenters. The van der Waals surface area contributed by atoms with Gasteiger partial charge in [0.25, 0.3) is 5.91 Å². The second kappa shape index (κ2) is 6.95. The molecule has 0 atom stereocenters. The Morgan fingerprint density at radius 1 is 1.00 bits per heavy atom. The summed E-state index contributed by atoms with van der Waals surface area (Å²) in [6, 6.07) is 17.1. The second-order valence-corrected chi connectivity index (χ2v) is 6.48. The van der Waals surface area contributed by atoms with Gasteiger partial charge in [-0.25, -0.2) is 0 Å². The van der Waals surface area contributed by atoms with E-state index in [1.54, 1.807) is 0 Å². The Hall–Kier alpha value is -2.15. The molecule has 1 aromatic heterocycles. The van der Waals surface area contributed by atoms with Gasteiger partial charge in [-0.15, -0.1) is 11.3 Å². The number of benzene rings is 2. The Kier molecular flexibility index (Phi) is 4.76. The highest BCUT2D eigenvalue weighted by molar-refractivity contribution is 7.80. The fourth-order valence-corrected chi connectivity index (χ4v) is 3.60. The molecule has 1 amide bonds. The van der Waals surface area contributed by atoms with Crippen LogP contribution in [-0.2, 0) is 0 Å². The van der Waals surface area contributed by atoms with Crippen LogP contribution in [0.25, 0.3) is 10.1 Å². The number of carbonyl (C=O) groups is 1. The number of thiocarbonyl (C=S) groups is 1. The average molecular weight is 362 g/mol. The SMILES string of the molecule is O=C(NNC(=S)Nc1ccccc1)c1sc2ccccc2c1Cl. The standard InChI is InChI=1S/C16H12ClN3OS2/c17-13-11-8-4-5-9-12(11)23-14(13)15(21)19-20-16(22)18-10-6-2-1-3-7-10/h1-9H,(H,19,21)(H2,18,20,22). The van der Waals surface area contributed by atoms with Crippen LogP contribution in [0.15, 0.2) is 54.6 Å². The van der Waals surface area contributed by atoms with Crippen LogP contribution >= 0.6 is 35.2 Å². The van der Waals surface area contributed by atoms with Crippen LogP contribution in [0.4, 0.5) is 5.69 Å². The Bertz CT molecular complexity index is 864. The van der Waals surface area contributed by atoms with Crippen LogP contribution in [0.5, 0.6) is 0 Å². The van der Waals surface area contributed by atoms with Crippen molar-refractivity contribution in [1.29, 1.82) is 0 Å². The highest BCUT2D eigenvalue weighted by Crippen LogP contribution is 2.34. The van der Waals surface area contributed by atoms with Gasteiger partial charge < -0.3 is 5.32 Å². The third kappa shape index (κ3) is 3.61. The number of hydrogen-bond donors (Lipinski definition) is 3. The van der Waals surface area contributed by atoms with E-state index >= 15 is 0 Å². The van der Waals surface area contributed by atoms with Crippen molar-refractivity contribution < 1.29 is 4.79 Å². The van der Waals surface area contributed by atoms with Gasteiger partial charge in [-0.3, -0.25) is 15.6 Å². The topological polar surface area (TPSA) is 53.2 Å². The summed E-state index contributed by atoms with van der Waals surface area (Å²) in [5.41, 5.74) is 6.06. The Labute approximate surface area is 147 Å². The van der Waals surface area contributed by atoms with Gasteiger partial charge in [0, 0.05) is 15.8 Å². The van der Waals surface area contributed by atoms with E-state index in [-0.39, 0.29) is 5.91 Å². The molecule has 3 aromatic rings. The van der Waals surface area contributed by atoms with Gasteiger partial charge in [0.2, 0.25) is 0 Å². The number of carbonyl (C=O) groups excluding carboxylic acids is 1. The molecule has 0 bridgehead atoms. The number of halogens is 1. The molecule has 0 fully saturated rings. The molecule has 0 radical (unpaired) electrons. The molecule has 0 aliphatic carbocycles. The molecule has 0 saturated heterocycles. The number of thiophene rings is 1. The quantitative estimate of drug-likeness (QED) is 0.473. The van der Waals surface area contributed by atoms with Crippen LogP contribution < -0.4 is 16.2 Å². The molecular formula is C16H12ClN3OS2. The molecule has 1 heterocycles. The van der Waals surface area contributed by atoms with Gasteiger partial charge >= 0.3 is 0 Å². The largest absolute Gasteiger partial charge is 0.331 e. The third-order valence-corrected chi connectivity index (χ3v) is 4.94. The van der Waals surface area contributed by atoms with E-state index in [2.05, 4.69) is 16.2 Å². The molecule has 0 aliphatic rings. The van der Waals surface area contributed by atoms with E-state index in [0.29, 0.717) is 15.0 Å². The van der Waals surface area contributed by atoms with Gasteiger partial charge in [-0.05, 0) is 30.4 Å². The lowest BCUT2D eigenvalue weighted by Crippen LogP contribution is -2.43. The van der Waals surface area contributed by atoms with Crippen molar-refractivity contribution in [3.63, 3.8) is 0 Å². The average Bonchev–Trinajstić information content (AvgIpc) is 2.91. The van der Waals surface area contributed by atoms with E-state index in [9.17, 15) is 4.79 Å². The predicted octanol–water partition coefficient (Wildman–Crippen LogP) is 4.19. The lowest BCUT2D eigenvalue weighted by Gasteiger charge is -2.11. The summed E-state index contributed by atoms with van der Waals surface area (Å²) in [5, 5.41) is 4.58. The summed E-state index contributed by atoms with van der Waals surface area (Å²) >= 11 is 12.7. The molecule has 3 N–H and O–H groups in total. The van der Waals surface area contributed by atoms with Crippen molar-refractivity contribution >= 4 is 61.9 Å². The minimum atomic E-state index is -0.326. The summed E-state index contributed by atoms with van der Waals surface area (Å²) in [6.07, 6.45) is 0. The number of para-hydroxylation sites is 1. The zero-order valence-corrected chi connectivity index (χ0v) is 14.2. The first-order chi connectivity index (χ1) is 11.1. The molecule has 7 heteroatoms. The van der Waals surface area contributed by atoms with Crippen LogP contribution in [0, 0.1) is 0 Å². The molecule has 4 nitrogen and oxygen atoms in total. The van der Waals surface area contributed by atoms with Crippen molar-refractivity contribution in [2.24, 2.45) is 0 Å². The first-order valence-electron chi connectivity index (χ1n) is 6.74. The minimum absolute atomic E-state index is 0.293. The number of nitrogens with one attached hydrogen (secondary N) is 3. The predicted molar refractivity (Wildman–Crippen MR) is 100 cm³/mol. The zero-order valence-electron chi connectivity index (χ0n) is 11.8. The Balaban J connectivity index is 1.64. The van der Waals surface area contributed by atoms with E-state index in [4.69, 9.17) is 23.8 Å². The maximum Gasteiger partial charge on any atom is 0.281 e. The molecule has 2 aromatic carbocycles. The molecule has 116 valence electrons. The van der Waals surface area contributed by atoms with Crippen molar-refractivity contribution in [1.82, 2.24) is 10.9 Å². The monoisotopic (exact) mass is 361 g/mol. The normalized spacial score (nSPS) is 10.3. The van der Waals surface area contributed by atoms with E-state index in [1.807, 2.05) is 54.6 Å². The Morgan fingerprint density at radius 3 is 2.43 bits per heavy atom. The van der Waals surface area contributed by atoms with E-state index < -0.39 is 0 Å². The maximum absolute atomic E-state index is 12.3. The lowest BCUT2D eigenvalue weighted by atomic mass is 10.2. The van der Waals surface area contributed by atoms with Gasteiger partial charge in [0.1, 0.15) is 4.88 Å². The number of hydrogen-bond acceptors (Lipinski definition) is 3. The molecule has 23 heavy (non-hydrogen) atoms. The molecular weight excluding hydrogens is 350 g/mol. The maximum atomic E-state index is 12.3. The first-order valence-corrected chi connectivity index (χ1v) is 8.35. The second-order valence-electron chi connectivity index (χ2n) is 4.64. The number of anilines is 1. The Morgan fingerprint density at radius 2 is 1.70 bits per heavy atom. The van der Waals surface area contributed by atoms with Crippen LogP contribution in [0.2, 0.25) is 5.02 Å². The van der Waals surface area contributed by atoms with Gasteiger partial charge in [0.15, 0.2) is 5.11 Å². The third-order valence-electron chi connectivity index (χ3n) is 3.06. The van der Waals surface area contributed by atoms with Crippen molar-refractivity contribution in [2.75, 3.05) is 5.32 Å². The minimum Gasteiger partial charge on any atom is -0.331 e. The molecule has 3 rings (SSSR count). The van der Waals surface area contributed by atoms with Crippen LogP contribution in [0.1, 0.15) is 9.67 Å². The summed E-state index contributed by atoms with van der Waals surface area (Å²) in [4.78, 5) is 12.7. The van der Waals surface area contributed by atoms with Gasteiger partial charge in [0.05, 0.1) is 5.02 Å².